The number of sulfone groups is 1. The molecule has 1 N–H and O–H groups in total. The number of hydrogen-bond donors (Lipinski definition) is 1. The van der Waals surface area contributed by atoms with Crippen molar-refractivity contribution in [3.8, 4) is 0 Å². The Morgan fingerprint density at radius 1 is 1.35 bits per heavy atom. The normalized spacial score (nSPS) is 12.5. The van der Waals surface area contributed by atoms with Gasteiger partial charge in [0.25, 0.3) is 5.91 Å². The number of aromatic nitrogens is 2. The number of nitrogens with one attached hydrogen (secondary N) is 1. The van der Waals surface area contributed by atoms with Crippen LogP contribution in [0.5, 0.6) is 0 Å². The molecule has 0 aliphatic heterocycles. The third-order valence-electron chi connectivity index (χ3n) is 3.50. The van der Waals surface area contributed by atoms with E-state index in [2.05, 4.69) is 10.3 Å². The van der Waals surface area contributed by atoms with Crippen LogP contribution in [-0.4, -0.2) is 47.0 Å². The van der Waals surface area contributed by atoms with Gasteiger partial charge in [0.15, 0.2) is 20.7 Å². The number of carbonyl (C=O) groups excluding carboxylic acids is 1. The van der Waals surface area contributed by atoms with Crippen LogP contribution < -0.4 is 5.32 Å². The van der Waals surface area contributed by atoms with Crippen molar-refractivity contribution >= 4 is 33.0 Å². The SMILES string of the molecule is CSc1nc(C(=O)NCCS(=O)(=O)C(C)(C)C)c2ccccn12. The van der Waals surface area contributed by atoms with Gasteiger partial charge in [0, 0.05) is 12.7 Å². The number of carbonyl (C=O) groups is 1. The van der Waals surface area contributed by atoms with Gasteiger partial charge in [-0.1, -0.05) is 17.8 Å². The fraction of sp³-hybridized carbons (Fsp3) is 0.467. The summed E-state index contributed by atoms with van der Waals surface area (Å²) >= 11 is 1.44. The second-order valence-corrected chi connectivity index (χ2v) is 9.73. The van der Waals surface area contributed by atoms with E-state index < -0.39 is 14.6 Å². The van der Waals surface area contributed by atoms with E-state index in [9.17, 15) is 13.2 Å². The molecule has 8 heteroatoms. The molecule has 0 aliphatic rings. The Balaban J connectivity index is 2.14. The van der Waals surface area contributed by atoms with E-state index in [0.29, 0.717) is 16.4 Å². The van der Waals surface area contributed by atoms with Crippen LogP contribution in [0, 0.1) is 0 Å². The van der Waals surface area contributed by atoms with Crippen molar-refractivity contribution in [3.05, 3.63) is 30.1 Å². The Labute approximate surface area is 140 Å². The van der Waals surface area contributed by atoms with Crippen molar-refractivity contribution in [1.82, 2.24) is 14.7 Å². The van der Waals surface area contributed by atoms with Crippen molar-refractivity contribution in [1.29, 1.82) is 0 Å². The second kappa shape index (κ2) is 6.52. The number of hydrogen-bond acceptors (Lipinski definition) is 5. The van der Waals surface area contributed by atoms with Gasteiger partial charge >= 0.3 is 0 Å². The van der Waals surface area contributed by atoms with Gasteiger partial charge in [0.05, 0.1) is 16.0 Å². The zero-order valence-corrected chi connectivity index (χ0v) is 15.3. The van der Waals surface area contributed by atoms with Crippen LogP contribution in [0.1, 0.15) is 31.3 Å². The smallest absolute Gasteiger partial charge is 0.272 e. The van der Waals surface area contributed by atoms with E-state index in [-0.39, 0.29) is 18.2 Å². The van der Waals surface area contributed by atoms with Crippen molar-refractivity contribution in [2.24, 2.45) is 0 Å². The van der Waals surface area contributed by atoms with Crippen LogP contribution in [0.4, 0.5) is 0 Å². The van der Waals surface area contributed by atoms with Gasteiger partial charge in [0.2, 0.25) is 0 Å². The van der Waals surface area contributed by atoms with Crippen molar-refractivity contribution < 1.29 is 13.2 Å². The molecule has 2 heterocycles. The fourth-order valence-electron chi connectivity index (χ4n) is 2.01. The summed E-state index contributed by atoms with van der Waals surface area (Å²) in [5.41, 5.74) is 1.01. The van der Waals surface area contributed by atoms with Crippen molar-refractivity contribution in [3.63, 3.8) is 0 Å². The minimum atomic E-state index is -3.26. The van der Waals surface area contributed by atoms with Crippen LogP contribution in [0.15, 0.2) is 29.6 Å². The van der Waals surface area contributed by atoms with E-state index in [1.54, 1.807) is 20.8 Å². The molecule has 0 aromatic carbocycles. The van der Waals surface area contributed by atoms with Gasteiger partial charge in [-0.05, 0) is 39.2 Å². The first-order valence-electron chi connectivity index (χ1n) is 7.19. The van der Waals surface area contributed by atoms with Crippen LogP contribution in [-0.2, 0) is 9.84 Å². The number of pyridine rings is 1. The molecule has 0 unspecified atom stereocenters. The van der Waals surface area contributed by atoms with E-state index in [1.807, 2.05) is 35.1 Å². The highest BCUT2D eigenvalue weighted by Crippen LogP contribution is 2.20. The molecule has 0 atom stereocenters. The first-order chi connectivity index (χ1) is 10.7. The Hall–Kier alpha value is -1.54. The predicted molar refractivity (Wildman–Crippen MR) is 92.8 cm³/mol. The fourth-order valence-corrected chi connectivity index (χ4v) is 3.53. The molecule has 0 saturated heterocycles. The minimum absolute atomic E-state index is 0.0683. The second-order valence-electron chi connectivity index (χ2n) is 6.09. The van der Waals surface area contributed by atoms with E-state index in [1.165, 1.54) is 11.8 Å². The Morgan fingerprint density at radius 2 is 2.04 bits per heavy atom. The van der Waals surface area contributed by atoms with Crippen molar-refractivity contribution in [2.45, 2.75) is 30.7 Å². The van der Waals surface area contributed by atoms with Gasteiger partial charge in [0.1, 0.15) is 0 Å². The lowest BCUT2D eigenvalue weighted by Gasteiger charge is -2.19. The number of rotatable bonds is 5. The molecule has 0 spiro atoms. The standard InChI is InChI=1S/C15H21N3O3S2/c1-15(2,3)23(20,21)10-8-16-13(19)12-11-7-5-6-9-18(11)14(17-12)22-4/h5-7,9H,8,10H2,1-4H3,(H,16,19). The van der Waals surface area contributed by atoms with Gasteiger partial charge in [-0.15, -0.1) is 0 Å². The molecular weight excluding hydrogens is 334 g/mol. The highest BCUT2D eigenvalue weighted by Gasteiger charge is 2.28. The van der Waals surface area contributed by atoms with Crippen LogP contribution >= 0.6 is 11.8 Å². The summed E-state index contributed by atoms with van der Waals surface area (Å²) in [6.07, 6.45) is 3.73. The van der Waals surface area contributed by atoms with Gasteiger partial charge in [-0.3, -0.25) is 9.20 Å². The molecule has 2 aromatic rings. The number of fused-ring (bicyclic) bond motifs is 1. The Kier molecular flexibility index (Phi) is 5.05. The predicted octanol–water partition coefficient (Wildman–Crippen LogP) is 2.00. The molecule has 6 nitrogen and oxygen atoms in total. The van der Waals surface area contributed by atoms with Gasteiger partial charge < -0.3 is 5.32 Å². The number of thioether (sulfide) groups is 1. The summed E-state index contributed by atoms with van der Waals surface area (Å²) in [5.74, 6) is -0.457. The quantitative estimate of drug-likeness (QED) is 0.830. The number of nitrogens with zero attached hydrogens (tertiary/aromatic N) is 2. The Bertz CT molecular complexity index is 820. The maximum Gasteiger partial charge on any atom is 0.272 e. The monoisotopic (exact) mass is 355 g/mol. The number of amides is 1. The summed E-state index contributed by atoms with van der Waals surface area (Å²) in [5, 5.41) is 3.37. The molecule has 0 saturated carbocycles. The van der Waals surface area contributed by atoms with Gasteiger partial charge in [-0.2, -0.15) is 0 Å². The van der Waals surface area contributed by atoms with Gasteiger partial charge in [-0.25, -0.2) is 13.4 Å². The largest absolute Gasteiger partial charge is 0.350 e. The lowest BCUT2D eigenvalue weighted by Crippen LogP contribution is -2.36. The zero-order valence-electron chi connectivity index (χ0n) is 13.7. The number of imidazole rings is 1. The summed E-state index contributed by atoms with van der Waals surface area (Å²) < 4.78 is 25.1. The first kappa shape index (κ1) is 17.8. The van der Waals surface area contributed by atoms with Crippen LogP contribution in [0.3, 0.4) is 0 Å². The summed E-state index contributed by atoms with van der Waals surface area (Å²) in [6.45, 7) is 5.02. The molecule has 0 aliphatic carbocycles. The summed E-state index contributed by atoms with van der Waals surface area (Å²) in [6, 6.07) is 5.52. The maximum absolute atomic E-state index is 12.3. The lowest BCUT2D eigenvalue weighted by atomic mass is 10.3. The van der Waals surface area contributed by atoms with E-state index >= 15 is 0 Å². The molecule has 2 aromatic heterocycles. The molecular formula is C15H21N3O3S2. The molecule has 0 radical (unpaired) electrons. The third-order valence-corrected chi connectivity index (χ3v) is 6.76. The highest BCUT2D eigenvalue weighted by atomic mass is 32.2. The van der Waals surface area contributed by atoms with Crippen molar-refractivity contribution in [2.75, 3.05) is 18.6 Å². The van der Waals surface area contributed by atoms with Crippen LogP contribution in [0.25, 0.3) is 5.52 Å². The highest BCUT2D eigenvalue weighted by molar-refractivity contribution is 7.98. The topological polar surface area (TPSA) is 80.5 Å². The average Bonchev–Trinajstić information content (AvgIpc) is 2.84. The minimum Gasteiger partial charge on any atom is -0.350 e. The van der Waals surface area contributed by atoms with E-state index in [0.717, 1.165) is 0 Å². The van der Waals surface area contributed by atoms with E-state index in [4.69, 9.17) is 0 Å². The Morgan fingerprint density at radius 3 is 2.65 bits per heavy atom. The molecule has 1 amide bonds. The third kappa shape index (κ3) is 3.69. The maximum atomic E-state index is 12.3. The summed E-state index contributed by atoms with van der Waals surface area (Å²) in [4.78, 5) is 16.7. The molecule has 126 valence electrons. The average molecular weight is 355 g/mol. The zero-order chi connectivity index (χ0) is 17.3. The molecule has 0 bridgehead atoms. The molecule has 2 rings (SSSR count). The lowest BCUT2D eigenvalue weighted by molar-refractivity contribution is 0.0953. The molecule has 0 fully saturated rings. The summed E-state index contributed by atoms with van der Waals surface area (Å²) in [7, 11) is -3.26. The van der Waals surface area contributed by atoms with Crippen LogP contribution in [0.2, 0.25) is 0 Å². The first-order valence-corrected chi connectivity index (χ1v) is 10.1. The molecule has 23 heavy (non-hydrogen) atoms.